The number of rotatable bonds is 5. The van der Waals surface area contributed by atoms with Crippen molar-refractivity contribution in [2.75, 3.05) is 18.8 Å². The molecule has 1 N–H and O–H groups in total. The molecule has 1 unspecified atom stereocenters. The summed E-state index contributed by atoms with van der Waals surface area (Å²) in [5.74, 6) is -0.271. The fourth-order valence-corrected chi connectivity index (χ4v) is 3.49. The van der Waals surface area contributed by atoms with Gasteiger partial charge in [-0.05, 0) is 39.5 Å². The molecule has 6 nitrogen and oxygen atoms in total. The highest BCUT2D eigenvalue weighted by Gasteiger charge is 2.52. The lowest BCUT2D eigenvalue weighted by atomic mass is 9.91. The van der Waals surface area contributed by atoms with Gasteiger partial charge in [0.1, 0.15) is 5.54 Å². The van der Waals surface area contributed by atoms with Crippen molar-refractivity contribution in [1.82, 2.24) is 10.2 Å². The third-order valence-corrected chi connectivity index (χ3v) is 6.41. The maximum absolute atomic E-state index is 12.5. The van der Waals surface area contributed by atoms with Crippen LogP contribution in [0.1, 0.15) is 33.6 Å². The van der Waals surface area contributed by atoms with E-state index in [1.165, 1.54) is 4.90 Å². The van der Waals surface area contributed by atoms with Crippen molar-refractivity contribution in [2.24, 2.45) is 5.92 Å². The van der Waals surface area contributed by atoms with Gasteiger partial charge in [0.25, 0.3) is 0 Å². The van der Waals surface area contributed by atoms with Gasteiger partial charge in [-0.3, -0.25) is 9.59 Å². The van der Waals surface area contributed by atoms with Crippen LogP contribution in [0.4, 0.5) is 0 Å². The fraction of sp³-hybridized carbons (Fsp3) is 0.846. The highest BCUT2D eigenvalue weighted by molar-refractivity contribution is 7.92. The molecule has 1 atom stereocenters. The summed E-state index contributed by atoms with van der Waals surface area (Å²) >= 11 is 0. The number of hydrogen-bond acceptors (Lipinski definition) is 4. The molecule has 20 heavy (non-hydrogen) atoms. The molecule has 0 spiro atoms. The van der Waals surface area contributed by atoms with Crippen molar-refractivity contribution in [3.63, 3.8) is 0 Å². The summed E-state index contributed by atoms with van der Waals surface area (Å²) in [6.07, 6.45) is 1.86. The Morgan fingerprint density at radius 3 is 2.45 bits per heavy atom. The van der Waals surface area contributed by atoms with Crippen molar-refractivity contribution in [2.45, 2.75) is 44.4 Å². The molecule has 1 aliphatic heterocycles. The second kappa shape index (κ2) is 5.02. The molecule has 0 aromatic rings. The minimum atomic E-state index is -3.21. The lowest BCUT2D eigenvalue weighted by molar-refractivity contribution is -0.149. The molecular formula is C13H22N2O4S. The first-order chi connectivity index (χ1) is 9.17. The van der Waals surface area contributed by atoms with E-state index in [4.69, 9.17) is 0 Å². The van der Waals surface area contributed by atoms with Gasteiger partial charge in [0.15, 0.2) is 9.84 Å². The zero-order chi connectivity index (χ0) is 15.1. The monoisotopic (exact) mass is 302 g/mol. The molecule has 7 heteroatoms. The Kier molecular flexibility index (Phi) is 3.83. The number of nitrogens with one attached hydrogen (secondary N) is 1. The molecule has 1 saturated heterocycles. The Hall–Kier alpha value is -1.11. The van der Waals surface area contributed by atoms with Crippen LogP contribution >= 0.6 is 0 Å². The summed E-state index contributed by atoms with van der Waals surface area (Å²) in [5.41, 5.74) is -0.850. The van der Waals surface area contributed by atoms with Crippen LogP contribution in [0, 0.1) is 5.92 Å². The highest BCUT2D eigenvalue weighted by atomic mass is 32.2. The topological polar surface area (TPSA) is 83.6 Å². The van der Waals surface area contributed by atoms with E-state index in [-0.39, 0.29) is 36.6 Å². The summed E-state index contributed by atoms with van der Waals surface area (Å²) < 4.78 is 23.7. The SMILES string of the molecule is CC(C)S(=O)(=O)CCN1CC(=O)NC(C)(C2CC2)C1=O. The second-order valence-electron chi connectivity index (χ2n) is 6.17. The van der Waals surface area contributed by atoms with Gasteiger partial charge in [-0.1, -0.05) is 0 Å². The van der Waals surface area contributed by atoms with Crippen LogP contribution in [0.25, 0.3) is 0 Å². The van der Waals surface area contributed by atoms with Crippen molar-refractivity contribution >= 4 is 21.7 Å². The first-order valence-electron chi connectivity index (χ1n) is 6.99. The molecule has 2 fully saturated rings. The van der Waals surface area contributed by atoms with E-state index in [9.17, 15) is 18.0 Å². The molecule has 1 heterocycles. The van der Waals surface area contributed by atoms with E-state index in [0.717, 1.165) is 12.8 Å². The summed E-state index contributed by atoms with van der Waals surface area (Å²) in [5, 5.41) is 2.31. The number of carbonyl (C=O) groups excluding carboxylic acids is 2. The Bertz CT molecular complexity index is 524. The minimum absolute atomic E-state index is 0.0469. The first-order valence-corrected chi connectivity index (χ1v) is 8.70. The summed E-state index contributed by atoms with van der Waals surface area (Å²) in [7, 11) is -3.21. The third kappa shape index (κ3) is 2.82. The molecule has 2 amide bonds. The second-order valence-corrected chi connectivity index (χ2v) is 8.84. The third-order valence-electron chi connectivity index (χ3n) is 4.22. The fourth-order valence-electron chi connectivity index (χ4n) is 2.55. The van der Waals surface area contributed by atoms with E-state index in [1.807, 2.05) is 0 Å². The predicted octanol–water partition coefficient (Wildman–Crippen LogP) is -0.0633. The van der Waals surface area contributed by atoms with E-state index in [1.54, 1.807) is 20.8 Å². The van der Waals surface area contributed by atoms with Crippen LogP contribution in [-0.2, 0) is 19.4 Å². The lowest BCUT2D eigenvalue weighted by Crippen LogP contribution is -2.66. The van der Waals surface area contributed by atoms with Gasteiger partial charge in [0, 0.05) is 6.54 Å². The van der Waals surface area contributed by atoms with Crippen LogP contribution in [0.5, 0.6) is 0 Å². The van der Waals surface area contributed by atoms with Crippen LogP contribution in [0.3, 0.4) is 0 Å². The lowest BCUT2D eigenvalue weighted by Gasteiger charge is -2.40. The largest absolute Gasteiger partial charge is 0.340 e. The summed E-state index contributed by atoms with van der Waals surface area (Å²) in [6, 6.07) is 0. The van der Waals surface area contributed by atoms with Crippen LogP contribution < -0.4 is 5.32 Å². The molecule has 0 aromatic carbocycles. The molecule has 2 rings (SSSR count). The number of nitrogens with zero attached hydrogens (tertiary/aromatic N) is 1. The van der Waals surface area contributed by atoms with Gasteiger partial charge in [-0.25, -0.2) is 8.42 Å². The molecule has 1 saturated carbocycles. The van der Waals surface area contributed by atoms with Gasteiger partial charge >= 0.3 is 0 Å². The number of hydrogen-bond donors (Lipinski definition) is 1. The Morgan fingerprint density at radius 2 is 1.95 bits per heavy atom. The minimum Gasteiger partial charge on any atom is -0.340 e. The average Bonchev–Trinajstić information content (AvgIpc) is 3.16. The predicted molar refractivity (Wildman–Crippen MR) is 74.8 cm³/mol. The number of piperazine rings is 1. The zero-order valence-electron chi connectivity index (χ0n) is 12.2. The van der Waals surface area contributed by atoms with Crippen LogP contribution in [0.2, 0.25) is 0 Å². The normalized spacial score (nSPS) is 27.9. The maximum Gasteiger partial charge on any atom is 0.248 e. The van der Waals surface area contributed by atoms with Crippen LogP contribution in [-0.4, -0.2) is 54.8 Å². The molecule has 0 aromatic heterocycles. The molecule has 2 aliphatic rings. The number of carbonyl (C=O) groups is 2. The van der Waals surface area contributed by atoms with Crippen molar-refractivity contribution in [3.8, 4) is 0 Å². The van der Waals surface area contributed by atoms with Gasteiger partial charge in [-0.15, -0.1) is 0 Å². The van der Waals surface area contributed by atoms with E-state index in [0.29, 0.717) is 0 Å². The zero-order valence-corrected chi connectivity index (χ0v) is 13.0. The molecule has 0 radical (unpaired) electrons. The summed E-state index contributed by atoms with van der Waals surface area (Å²) in [4.78, 5) is 25.6. The smallest absolute Gasteiger partial charge is 0.248 e. The maximum atomic E-state index is 12.5. The standard InChI is InChI=1S/C13H22N2O4S/c1-9(2)20(18,19)7-6-15-8-11(16)14-13(3,12(15)17)10-4-5-10/h9-10H,4-8H2,1-3H3,(H,14,16). The van der Waals surface area contributed by atoms with Gasteiger partial charge in [-0.2, -0.15) is 0 Å². The van der Waals surface area contributed by atoms with E-state index in [2.05, 4.69) is 5.32 Å². The van der Waals surface area contributed by atoms with Crippen molar-refractivity contribution < 1.29 is 18.0 Å². The average molecular weight is 302 g/mol. The molecule has 1 aliphatic carbocycles. The first kappa shape index (κ1) is 15.3. The number of amides is 2. The van der Waals surface area contributed by atoms with Gasteiger partial charge in [0.2, 0.25) is 11.8 Å². The molecule has 0 bridgehead atoms. The summed E-state index contributed by atoms with van der Waals surface area (Å²) in [6.45, 7) is 5.03. The van der Waals surface area contributed by atoms with E-state index >= 15 is 0 Å². The van der Waals surface area contributed by atoms with Gasteiger partial charge < -0.3 is 10.2 Å². The Balaban J connectivity index is 2.08. The quantitative estimate of drug-likeness (QED) is 0.771. The van der Waals surface area contributed by atoms with Gasteiger partial charge in [0.05, 0.1) is 17.5 Å². The number of sulfone groups is 1. The highest BCUT2D eigenvalue weighted by Crippen LogP contribution is 2.41. The van der Waals surface area contributed by atoms with E-state index < -0.39 is 20.6 Å². The van der Waals surface area contributed by atoms with Crippen LogP contribution in [0.15, 0.2) is 0 Å². The van der Waals surface area contributed by atoms with Crippen molar-refractivity contribution in [1.29, 1.82) is 0 Å². The molecule has 114 valence electrons. The Morgan fingerprint density at radius 1 is 1.35 bits per heavy atom. The molecular weight excluding hydrogens is 280 g/mol. The Labute approximate surface area is 119 Å². The van der Waals surface area contributed by atoms with Crippen molar-refractivity contribution in [3.05, 3.63) is 0 Å².